The van der Waals surface area contributed by atoms with Gasteiger partial charge in [-0.3, -0.25) is 9.59 Å². The summed E-state index contributed by atoms with van der Waals surface area (Å²) in [4.78, 5) is 26.7. The van der Waals surface area contributed by atoms with Gasteiger partial charge in [-0.05, 0) is 79.1 Å². The molecule has 2 aromatic carbocycles. The van der Waals surface area contributed by atoms with Crippen LogP contribution in [0.2, 0.25) is 0 Å². The highest BCUT2D eigenvalue weighted by Crippen LogP contribution is 2.44. The Morgan fingerprint density at radius 3 is 2.68 bits per heavy atom. The predicted octanol–water partition coefficient (Wildman–Crippen LogP) is 5.92. The number of carbonyl (C=O) groups excluding carboxylic acids is 2. The number of ether oxygens (including phenoxy) is 1. The molecule has 1 fully saturated rings. The maximum absolute atomic E-state index is 13.6. The first-order valence-corrected chi connectivity index (χ1v) is 13.9. The number of fused-ring (bicyclic) bond motifs is 3. The molecule has 3 aromatic rings. The van der Waals surface area contributed by atoms with E-state index in [2.05, 4.69) is 10.6 Å². The number of alkyl halides is 3. The first-order valence-electron chi connectivity index (χ1n) is 13.9. The molecule has 1 aliphatic heterocycles. The van der Waals surface area contributed by atoms with Gasteiger partial charge in [-0.15, -0.1) is 0 Å². The first kappa shape index (κ1) is 27.3. The normalized spacial score (nSPS) is 19.6. The van der Waals surface area contributed by atoms with E-state index in [-0.39, 0.29) is 24.5 Å². The summed E-state index contributed by atoms with van der Waals surface area (Å²) in [5, 5.41) is 10.8. The van der Waals surface area contributed by atoms with E-state index in [9.17, 15) is 27.2 Å². The van der Waals surface area contributed by atoms with Gasteiger partial charge >= 0.3 is 6.18 Å². The number of rotatable bonds is 9. The van der Waals surface area contributed by atoms with Gasteiger partial charge < -0.3 is 15.4 Å². The smallest absolute Gasteiger partial charge is 0.389 e. The minimum absolute atomic E-state index is 0.0335. The summed E-state index contributed by atoms with van der Waals surface area (Å²) in [7, 11) is 0. The lowest BCUT2D eigenvalue weighted by Gasteiger charge is -2.35. The molecule has 7 nitrogen and oxygen atoms in total. The van der Waals surface area contributed by atoms with Gasteiger partial charge in [-0.25, -0.2) is 9.07 Å². The van der Waals surface area contributed by atoms with Crippen molar-refractivity contribution in [2.75, 3.05) is 11.9 Å². The summed E-state index contributed by atoms with van der Waals surface area (Å²) in [5.74, 6) is 0.212. The summed E-state index contributed by atoms with van der Waals surface area (Å²) < 4.78 is 58.0. The zero-order valence-electron chi connectivity index (χ0n) is 22.3. The van der Waals surface area contributed by atoms with E-state index in [1.54, 1.807) is 10.7 Å². The zero-order chi connectivity index (χ0) is 28.8. The molecule has 0 radical (unpaired) electrons. The number of carbonyl (C=O) groups is 2. The van der Waals surface area contributed by atoms with Crippen molar-refractivity contribution in [2.24, 2.45) is 5.92 Å². The highest BCUT2D eigenvalue weighted by molar-refractivity contribution is 6.09. The number of benzene rings is 2. The van der Waals surface area contributed by atoms with E-state index >= 15 is 0 Å². The van der Waals surface area contributed by atoms with E-state index in [4.69, 9.17) is 9.84 Å². The topological polar surface area (TPSA) is 85.2 Å². The van der Waals surface area contributed by atoms with Crippen LogP contribution < -0.4 is 15.4 Å². The summed E-state index contributed by atoms with van der Waals surface area (Å²) in [6, 6.07) is 10.6. The molecule has 1 spiro atoms. The molecule has 0 saturated heterocycles. The van der Waals surface area contributed by atoms with Crippen LogP contribution in [0.25, 0.3) is 0 Å². The van der Waals surface area contributed by atoms with Crippen LogP contribution in [0, 0.1) is 11.7 Å². The minimum atomic E-state index is -4.21. The average molecular weight is 571 g/mol. The van der Waals surface area contributed by atoms with E-state index in [1.807, 2.05) is 12.1 Å². The largest absolute Gasteiger partial charge is 0.494 e. The summed E-state index contributed by atoms with van der Waals surface area (Å²) >= 11 is 0. The Labute approximate surface area is 234 Å². The fourth-order valence-electron chi connectivity index (χ4n) is 5.86. The SMILES string of the molecule is O=C(Nc1c2c(nn1CCC1CC1)C[C@]1(CCc3cc(OCCCC(F)(F)F)ccc31)NC2=O)c1ccc(F)cc1. The van der Waals surface area contributed by atoms with Crippen molar-refractivity contribution < 1.29 is 31.9 Å². The van der Waals surface area contributed by atoms with Gasteiger partial charge in [0.05, 0.1) is 17.8 Å². The van der Waals surface area contributed by atoms with Gasteiger partial charge in [0.25, 0.3) is 11.8 Å². The Morgan fingerprint density at radius 1 is 1.17 bits per heavy atom. The molecule has 2 amide bonds. The molecule has 3 aliphatic rings. The number of aromatic nitrogens is 2. The third kappa shape index (κ3) is 5.80. The quantitative estimate of drug-likeness (QED) is 0.247. The molecule has 0 bridgehead atoms. The number of nitrogens with zero attached hydrogens (tertiary/aromatic N) is 2. The number of halogens is 4. The number of hydrogen-bond donors (Lipinski definition) is 2. The summed E-state index contributed by atoms with van der Waals surface area (Å²) in [6.45, 7) is 0.525. The fourth-order valence-corrected chi connectivity index (χ4v) is 5.86. The van der Waals surface area contributed by atoms with Gasteiger partial charge in [0.2, 0.25) is 0 Å². The zero-order valence-corrected chi connectivity index (χ0v) is 22.3. The monoisotopic (exact) mass is 570 g/mol. The van der Waals surface area contributed by atoms with Crippen molar-refractivity contribution in [2.45, 2.75) is 69.6 Å². The van der Waals surface area contributed by atoms with Gasteiger partial charge in [-0.1, -0.05) is 18.9 Å². The Bertz CT molecular complexity index is 1480. The van der Waals surface area contributed by atoms with E-state index in [0.29, 0.717) is 54.5 Å². The van der Waals surface area contributed by atoms with Crippen LogP contribution in [-0.2, 0) is 24.9 Å². The van der Waals surface area contributed by atoms with Crippen molar-refractivity contribution in [3.63, 3.8) is 0 Å². The van der Waals surface area contributed by atoms with Crippen LogP contribution in [0.1, 0.15) is 76.1 Å². The lowest BCUT2D eigenvalue weighted by atomic mass is 9.82. The second-order valence-electron chi connectivity index (χ2n) is 11.2. The molecule has 41 heavy (non-hydrogen) atoms. The highest BCUT2D eigenvalue weighted by atomic mass is 19.4. The number of amides is 2. The lowest BCUT2D eigenvalue weighted by Crippen LogP contribution is -2.49. The third-order valence-corrected chi connectivity index (χ3v) is 8.15. The van der Waals surface area contributed by atoms with Crippen LogP contribution in [0.3, 0.4) is 0 Å². The molecule has 1 aromatic heterocycles. The van der Waals surface area contributed by atoms with Crippen molar-refractivity contribution in [1.29, 1.82) is 0 Å². The van der Waals surface area contributed by atoms with Gasteiger partial charge in [0.1, 0.15) is 22.9 Å². The van der Waals surface area contributed by atoms with Gasteiger partial charge in [-0.2, -0.15) is 18.3 Å². The van der Waals surface area contributed by atoms with Crippen molar-refractivity contribution in [1.82, 2.24) is 15.1 Å². The third-order valence-electron chi connectivity index (χ3n) is 8.15. The number of aryl methyl sites for hydroxylation is 2. The van der Waals surface area contributed by atoms with Crippen molar-refractivity contribution >= 4 is 17.6 Å². The maximum atomic E-state index is 13.6. The van der Waals surface area contributed by atoms with E-state index in [1.165, 1.54) is 24.3 Å². The average Bonchev–Trinajstić information content (AvgIpc) is 3.61. The Balaban J connectivity index is 1.24. The second kappa shape index (κ2) is 10.5. The van der Waals surface area contributed by atoms with Crippen molar-refractivity contribution in [3.05, 3.63) is 76.2 Å². The molecular formula is C30H30F4N4O3. The van der Waals surface area contributed by atoms with E-state index < -0.39 is 29.9 Å². The number of anilines is 1. The van der Waals surface area contributed by atoms with Crippen LogP contribution in [0.5, 0.6) is 5.75 Å². The standard InChI is InChI=1S/C30H30F4N4O3/c31-21-6-4-19(5-7-21)27(39)35-26-25-24(37-38(26)14-11-18-2-3-18)17-29(36-28(25)40)13-10-20-16-22(8-9-23(20)29)41-15-1-12-30(32,33)34/h4-9,16,18H,1-3,10-15,17H2,(H,35,39)(H,36,40)/t29-/m0/s1. The molecule has 2 heterocycles. The molecule has 216 valence electrons. The molecule has 11 heteroatoms. The Kier molecular flexibility index (Phi) is 6.99. The van der Waals surface area contributed by atoms with E-state index in [0.717, 1.165) is 30.4 Å². The highest BCUT2D eigenvalue weighted by Gasteiger charge is 2.46. The minimum Gasteiger partial charge on any atom is -0.494 e. The molecule has 0 unspecified atom stereocenters. The number of nitrogens with one attached hydrogen (secondary N) is 2. The van der Waals surface area contributed by atoms with Crippen LogP contribution in [0.4, 0.5) is 23.4 Å². The Hall–Kier alpha value is -3.89. The molecular weight excluding hydrogens is 540 g/mol. The van der Waals surface area contributed by atoms with Crippen LogP contribution in [-0.4, -0.2) is 34.4 Å². The lowest BCUT2D eigenvalue weighted by molar-refractivity contribution is -0.136. The summed E-state index contributed by atoms with van der Waals surface area (Å²) in [6.07, 6.45) is -0.274. The molecule has 1 atom stereocenters. The molecule has 2 N–H and O–H groups in total. The van der Waals surface area contributed by atoms with Crippen molar-refractivity contribution in [3.8, 4) is 5.75 Å². The fraction of sp³-hybridized carbons (Fsp3) is 0.433. The molecule has 6 rings (SSSR count). The Morgan fingerprint density at radius 2 is 1.95 bits per heavy atom. The summed E-state index contributed by atoms with van der Waals surface area (Å²) in [5.41, 5.74) is 2.43. The maximum Gasteiger partial charge on any atom is 0.389 e. The second-order valence-corrected chi connectivity index (χ2v) is 11.2. The van der Waals surface area contributed by atoms with Gasteiger partial charge in [0, 0.05) is 24.9 Å². The first-order chi connectivity index (χ1) is 19.6. The number of hydrogen-bond acceptors (Lipinski definition) is 4. The predicted molar refractivity (Wildman–Crippen MR) is 142 cm³/mol. The van der Waals surface area contributed by atoms with Gasteiger partial charge in [0.15, 0.2) is 0 Å². The van der Waals surface area contributed by atoms with Crippen LogP contribution in [0.15, 0.2) is 42.5 Å². The molecule has 2 aliphatic carbocycles. The molecule has 1 saturated carbocycles. The van der Waals surface area contributed by atoms with Crippen LogP contribution >= 0.6 is 0 Å².